The Morgan fingerprint density at radius 1 is 1.11 bits per heavy atom. The van der Waals surface area contributed by atoms with Gasteiger partial charge in [-0.15, -0.1) is 0 Å². The highest BCUT2D eigenvalue weighted by Crippen LogP contribution is 2.46. The molecule has 0 spiro atoms. The Balaban J connectivity index is 0.000000415. The minimum Gasteiger partial charge on any atom is -0.384 e. The number of alkyl halides is 3. The Bertz CT molecular complexity index is 190. The topological polar surface area (TPSA) is 12.5 Å². The Labute approximate surface area is 108 Å². The molecule has 2 nitrogen and oxygen atoms in total. The summed E-state index contributed by atoms with van der Waals surface area (Å²) in [5.74, 6) is 0. The highest BCUT2D eigenvalue weighted by Gasteiger charge is 2.44. The summed E-state index contributed by atoms with van der Waals surface area (Å²) in [6, 6.07) is 0. The minimum absolute atomic E-state index is 0.569. The highest BCUT2D eigenvalue weighted by molar-refractivity contribution is 4.96. The molecular formula is C13H26F3NO. The second-order valence-electron chi connectivity index (χ2n) is 4.66. The van der Waals surface area contributed by atoms with Crippen molar-refractivity contribution in [3.05, 3.63) is 0 Å². The van der Waals surface area contributed by atoms with Crippen LogP contribution in [0.15, 0.2) is 0 Å². The van der Waals surface area contributed by atoms with E-state index in [0.717, 1.165) is 6.61 Å². The van der Waals surface area contributed by atoms with Gasteiger partial charge in [-0.05, 0) is 38.8 Å². The average molecular weight is 269 g/mol. The summed E-state index contributed by atoms with van der Waals surface area (Å²) in [5.41, 5.74) is 0.569. The molecule has 1 aliphatic heterocycles. The lowest BCUT2D eigenvalue weighted by atomic mass is 10.1. The van der Waals surface area contributed by atoms with Gasteiger partial charge in [0.15, 0.2) is 0 Å². The Kier molecular flexibility index (Phi) is 9.46. The molecule has 0 unspecified atom stereocenters. The quantitative estimate of drug-likeness (QED) is 0.771. The fraction of sp³-hybridized carbons (Fsp3) is 1.00. The van der Waals surface area contributed by atoms with Crippen LogP contribution < -0.4 is 0 Å². The van der Waals surface area contributed by atoms with Gasteiger partial charge in [0, 0.05) is 19.1 Å². The van der Waals surface area contributed by atoms with Gasteiger partial charge in [-0.1, -0.05) is 13.8 Å². The number of rotatable bonds is 4. The fourth-order valence-electron chi connectivity index (χ4n) is 2.25. The molecule has 110 valence electrons. The molecule has 1 aliphatic carbocycles. The minimum atomic E-state index is -3.67. The maximum Gasteiger partial charge on any atom is 0.379 e. The molecule has 1 heterocycles. The van der Waals surface area contributed by atoms with Crippen molar-refractivity contribution in [1.29, 1.82) is 0 Å². The zero-order valence-corrected chi connectivity index (χ0v) is 11.7. The van der Waals surface area contributed by atoms with Gasteiger partial charge in [0.2, 0.25) is 0 Å². The maximum atomic E-state index is 9.67. The molecule has 1 saturated carbocycles. The van der Waals surface area contributed by atoms with Gasteiger partial charge in [0.25, 0.3) is 0 Å². The second-order valence-corrected chi connectivity index (χ2v) is 4.66. The van der Waals surface area contributed by atoms with Crippen LogP contribution in [0.2, 0.25) is 0 Å². The molecule has 18 heavy (non-hydrogen) atoms. The molecule has 0 aromatic rings. The second kappa shape index (κ2) is 9.62. The summed E-state index contributed by atoms with van der Waals surface area (Å²) in [5, 5.41) is 0. The van der Waals surface area contributed by atoms with Gasteiger partial charge in [-0.2, -0.15) is 13.2 Å². The van der Waals surface area contributed by atoms with Crippen LogP contribution in [-0.4, -0.2) is 44.9 Å². The molecule has 1 saturated heterocycles. The number of ether oxygens (including phenoxy) is 1. The Morgan fingerprint density at radius 3 is 1.89 bits per heavy atom. The predicted octanol–water partition coefficient (Wildman–Crippen LogP) is 3.71. The molecule has 2 aliphatic rings. The van der Waals surface area contributed by atoms with Crippen molar-refractivity contribution in [3.8, 4) is 0 Å². The summed E-state index contributed by atoms with van der Waals surface area (Å²) >= 11 is 0. The van der Waals surface area contributed by atoms with Crippen LogP contribution in [0.5, 0.6) is 0 Å². The first-order chi connectivity index (χ1) is 8.58. The zero-order chi connectivity index (χ0) is 14.0. The summed E-state index contributed by atoms with van der Waals surface area (Å²) in [4.78, 5) is 2.60. The summed E-state index contributed by atoms with van der Waals surface area (Å²) < 4.78 is 34.3. The first kappa shape index (κ1) is 17.7. The van der Waals surface area contributed by atoms with Crippen LogP contribution in [0.4, 0.5) is 13.2 Å². The van der Waals surface area contributed by atoms with Crippen LogP contribution in [0.1, 0.15) is 39.5 Å². The van der Waals surface area contributed by atoms with Crippen LogP contribution in [0.25, 0.3) is 0 Å². The average Bonchev–Trinajstić information content (AvgIpc) is 2.87. The number of likely N-dealkylation sites (tertiary alicyclic amines) is 1. The monoisotopic (exact) mass is 269 g/mol. The van der Waals surface area contributed by atoms with Crippen molar-refractivity contribution in [2.75, 3.05) is 33.4 Å². The normalized spacial score (nSPS) is 20.8. The molecule has 2 rings (SSSR count). The van der Waals surface area contributed by atoms with Gasteiger partial charge in [-0.3, -0.25) is 0 Å². The molecular weight excluding hydrogens is 243 g/mol. The van der Waals surface area contributed by atoms with Crippen LogP contribution in [-0.2, 0) is 4.74 Å². The molecule has 0 N–H and O–H groups in total. The summed E-state index contributed by atoms with van der Waals surface area (Å²) in [6.07, 6.45) is 5.58. The van der Waals surface area contributed by atoms with Crippen molar-refractivity contribution in [3.63, 3.8) is 0 Å². The number of nitrogens with zero attached hydrogens (tertiary/aromatic N) is 1. The van der Waals surface area contributed by atoms with Crippen LogP contribution >= 0.6 is 0 Å². The first-order valence-corrected chi connectivity index (χ1v) is 6.71. The van der Waals surface area contributed by atoms with E-state index in [0.29, 0.717) is 5.41 Å². The fourth-order valence-corrected chi connectivity index (χ4v) is 2.25. The number of hydrogen-bond acceptors (Lipinski definition) is 2. The summed E-state index contributed by atoms with van der Waals surface area (Å²) in [7, 11) is 1.82. The third-order valence-electron chi connectivity index (χ3n) is 3.17. The molecule has 0 aromatic heterocycles. The molecule has 2 fully saturated rings. The lowest BCUT2D eigenvalue weighted by Crippen LogP contribution is -2.30. The molecule has 0 aromatic carbocycles. The van der Waals surface area contributed by atoms with E-state index in [1.54, 1.807) is 0 Å². The Hall–Kier alpha value is -0.290. The van der Waals surface area contributed by atoms with E-state index in [1.165, 1.54) is 45.3 Å². The van der Waals surface area contributed by atoms with E-state index in [4.69, 9.17) is 4.74 Å². The van der Waals surface area contributed by atoms with E-state index in [2.05, 4.69) is 4.90 Å². The predicted molar refractivity (Wildman–Crippen MR) is 67.7 cm³/mol. The first-order valence-electron chi connectivity index (χ1n) is 6.71. The Morgan fingerprint density at radius 2 is 1.56 bits per heavy atom. The standard InChI is InChI=1S/C10H19NO.C2H6.CHF3/c1-12-9-10(4-5-10)8-11-6-2-3-7-11;1-2;2-1(3)4/h2-9H2,1H3;1-2H3;1H. The number of hydrogen-bond donors (Lipinski definition) is 0. The van der Waals surface area contributed by atoms with Gasteiger partial charge < -0.3 is 9.64 Å². The van der Waals surface area contributed by atoms with Gasteiger partial charge in [0.1, 0.15) is 0 Å². The van der Waals surface area contributed by atoms with Gasteiger partial charge >= 0.3 is 6.68 Å². The van der Waals surface area contributed by atoms with Crippen molar-refractivity contribution < 1.29 is 17.9 Å². The molecule has 0 radical (unpaired) electrons. The van der Waals surface area contributed by atoms with Crippen LogP contribution in [0.3, 0.4) is 0 Å². The number of methoxy groups -OCH3 is 1. The highest BCUT2D eigenvalue weighted by atomic mass is 19.4. The molecule has 0 atom stereocenters. The molecule has 5 heteroatoms. The summed E-state index contributed by atoms with van der Waals surface area (Å²) in [6.45, 7) is 5.25. The largest absolute Gasteiger partial charge is 0.384 e. The lowest BCUT2D eigenvalue weighted by molar-refractivity contribution is 0.00819. The van der Waals surface area contributed by atoms with E-state index >= 15 is 0 Å². The van der Waals surface area contributed by atoms with Crippen LogP contribution in [0, 0.1) is 5.41 Å². The number of halogens is 3. The smallest absolute Gasteiger partial charge is 0.379 e. The van der Waals surface area contributed by atoms with E-state index in [-0.39, 0.29) is 0 Å². The molecule has 0 bridgehead atoms. The van der Waals surface area contributed by atoms with E-state index in [9.17, 15) is 13.2 Å². The molecule has 0 amide bonds. The van der Waals surface area contributed by atoms with E-state index in [1.807, 2.05) is 21.0 Å². The van der Waals surface area contributed by atoms with Crippen molar-refractivity contribution in [2.24, 2.45) is 5.41 Å². The van der Waals surface area contributed by atoms with Crippen molar-refractivity contribution in [1.82, 2.24) is 4.90 Å². The lowest BCUT2D eigenvalue weighted by Gasteiger charge is -2.21. The van der Waals surface area contributed by atoms with Gasteiger partial charge in [-0.25, -0.2) is 0 Å². The van der Waals surface area contributed by atoms with E-state index < -0.39 is 6.68 Å². The van der Waals surface area contributed by atoms with Crippen molar-refractivity contribution in [2.45, 2.75) is 46.2 Å². The van der Waals surface area contributed by atoms with Crippen molar-refractivity contribution >= 4 is 0 Å². The third-order valence-corrected chi connectivity index (χ3v) is 3.17. The maximum absolute atomic E-state index is 9.67. The SMILES string of the molecule is CC.COCC1(CN2CCCC2)CC1.FC(F)F. The zero-order valence-electron chi connectivity index (χ0n) is 11.7. The van der Waals surface area contributed by atoms with Gasteiger partial charge in [0.05, 0.1) is 6.61 Å². The third kappa shape index (κ3) is 7.93.